The molecule has 0 radical (unpaired) electrons. The van der Waals surface area contributed by atoms with Crippen molar-refractivity contribution >= 4 is 34.0 Å². The highest BCUT2D eigenvalue weighted by Gasteiger charge is 2.12. The lowest BCUT2D eigenvalue weighted by molar-refractivity contribution is 0.281. The van der Waals surface area contributed by atoms with Crippen molar-refractivity contribution in [2.24, 2.45) is 0 Å². The first-order valence-corrected chi connectivity index (χ1v) is 7.91. The molecule has 1 unspecified atom stereocenters. The van der Waals surface area contributed by atoms with Gasteiger partial charge in [0.05, 0.1) is 16.7 Å². The highest BCUT2D eigenvalue weighted by molar-refractivity contribution is 7.13. The molecule has 1 fully saturated rings. The molecule has 1 atom stereocenters. The number of nitrogens with zero attached hydrogens (tertiary/aromatic N) is 1. The molecule has 2 heterocycles. The van der Waals surface area contributed by atoms with E-state index in [0.29, 0.717) is 6.04 Å². The van der Waals surface area contributed by atoms with Gasteiger partial charge in [0.1, 0.15) is 0 Å². The van der Waals surface area contributed by atoms with Crippen LogP contribution in [-0.4, -0.2) is 23.6 Å². The number of aromatic nitrogens is 1. The summed E-state index contributed by atoms with van der Waals surface area (Å²) in [5.74, 6) is 0.803. The summed E-state index contributed by atoms with van der Waals surface area (Å²) in [5.41, 5.74) is 0. The van der Waals surface area contributed by atoms with Crippen molar-refractivity contribution in [3.05, 3.63) is 24.3 Å². The van der Waals surface area contributed by atoms with Gasteiger partial charge in [0.15, 0.2) is 0 Å². The van der Waals surface area contributed by atoms with E-state index in [1.54, 1.807) is 0 Å². The van der Waals surface area contributed by atoms with Crippen LogP contribution < -0.4 is 10.1 Å². The number of piperidine rings is 1. The number of benzene rings is 1. The molecule has 0 spiro atoms. The van der Waals surface area contributed by atoms with Crippen LogP contribution in [0, 0.1) is 0 Å². The monoisotopic (exact) mass is 312 g/mol. The number of hydrogen-bond acceptors (Lipinski definition) is 4. The van der Waals surface area contributed by atoms with E-state index >= 15 is 0 Å². The Hall–Kier alpha value is -0.840. The number of ether oxygens (including phenoxy) is 1. The number of hydrogen-bond donors (Lipinski definition) is 1. The molecule has 3 nitrogen and oxygen atoms in total. The third-order valence-corrected chi connectivity index (χ3v) is 4.50. The molecule has 20 heavy (non-hydrogen) atoms. The molecule has 1 aromatic heterocycles. The first kappa shape index (κ1) is 15.5. The van der Waals surface area contributed by atoms with Crippen LogP contribution in [-0.2, 0) is 0 Å². The highest BCUT2D eigenvalue weighted by Crippen LogP contribution is 2.28. The molecule has 0 bridgehead atoms. The van der Waals surface area contributed by atoms with Crippen molar-refractivity contribution in [2.75, 3.05) is 13.2 Å². The summed E-state index contributed by atoms with van der Waals surface area (Å²) in [6, 6.07) is 8.95. The Morgan fingerprint density at radius 1 is 1.30 bits per heavy atom. The van der Waals surface area contributed by atoms with Crippen LogP contribution in [0.15, 0.2) is 24.3 Å². The summed E-state index contributed by atoms with van der Waals surface area (Å²) in [7, 11) is 0. The van der Waals surface area contributed by atoms with Gasteiger partial charge in [0.25, 0.3) is 0 Å². The van der Waals surface area contributed by atoms with E-state index in [4.69, 9.17) is 4.74 Å². The topological polar surface area (TPSA) is 34.1 Å². The Balaban J connectivity index is 0.00000147. The van der Waals surface area contributed by atoms with E-state index in [0.717, 1.165) is 24.3 Å². The molecule has 5 heteroatoms. The molecule has 110 valence electrons. The molecule has 0 saturated carbocycles. The zero-order valence-electron chi connectivity index (χ0n) is 11.5. The van der Waals surface area contributed by atoms with Crippen LogP contribution >= 0.6 is 23.9 Å². The average Bonchev–Trinajstić information content (AvgIpc) is 2.88. The maximum absolute atomic E-state index is 5.82. The van der Waals surface area contributed by atoms with Gasteiger partial charge in [0.2, 0.25) is 5.88 Å². The SMILES string of the molecule is Cl.c1ccc2c(OCCCC3CCCCN3)nsc2c1. The Bertz CT molecular complexity index is 525. The van der Waals surface area contributed by atoms with Crippen molar-refractivity contribution in [1.82, 2.24) is 9.69 Å². The lowest BCUT2D eigenvalue weighted by Gasteiger charge is -2.23. The third kappa shape index (κ3) is 3.84. The first-order valence-electron chi connectivity index (χ1n) is 7.14. The first-order chi connectivity index (χ1) is 9.43. The van der Waals surface area contributed by atoms with Crippen LogP contribution in [0.5, 0.6) is 5.88 Å². The van der Waals surface area contributed by atoms with Crippen LogP contribution in [0.4, 0.5) is 0 Å². The minimum atomic E-state index is 0. The van der Waals surface area contributed by atoms with Gasteiger partial charge in [-0.2, -0.15) is 4.37 Å². The summed E-state index contributed by atoms with van der Waals surface area (Å²) >= 11 is 1.51. The zero-order valence-corrected chi connectivity index (χ0v) is 13.1. The minimum Gasteiger partial charge on any atom is -0.477 e. The largest absolute Gasteiger partial charge is 0.477 e. The molecule has 2 aromatic rings. The Morgan fingerprint density at radius 3 is 3.05 bits per heavy atom. The summed E-state index contributed by atoms with van der Waals surface area (Å²) < 4.78 is 11.4. The second-order valence-corrected chi connectivity index (χ2v) is 5.93. The number of halogens is 1. The van der Waals surface area contributed by atoms with Crippen molar-refractivity contribution in [2.45, 2.75) is 38.1 Å². The van der Waals surface area contributed by atoms with Gasteiger partial charge >= 0.3 is 0 Å². The van der Waals surface area contributed by atoms with Crippen LogP contribution in [0.3, 0.4) is 0 Å². The van der Waals surface area contributed by atoms with Crippen molar-refractivity contribution < 1.29 is 4.74 Å². The van der Waals surface area contributed by atoms with Crippen molar-refractivity contribution in [1.29, 1.82) is 0 Å². The molecule has 1 aliphatic rings. The van der Waals surface area contributed by atoms with Gasteiger partial charge in [-0.25, -0.2) is 0 Å². The summed E-state index contributed by atoms with van der Waals surface area (Å²) in [6.07, 6.45) is 6.33. The average molecular weight is 313 g/mol. The maximum Gasteiger partial charge on any atom is 0.233 e. The highest BCUT2D eigenvalue weighted by atomic mass is 35.5. The maximum atomic E-state index is 5.82. The van der Waals surface area contributed by atoms with E-state index in [1.165, 1.54) is 48.5 Å². The second kappa shape index (κ2) is 7.81. The third-order valence-electron chi connectivity index (χ3n) is 3.69. The standard InChI is InChI=1S/C15H20N2OS.ClH/c1-2-9-14-13(8-1)15(17-19-14)18-11-5-7-12-6-3-4-10-16-12;/h1-2,8-9,12,16H,3-7,10-11H2;1H. The van der Waals surface area contributed by atoms with Crippen LogP contribution in [0.1, 0.15) is 32.1 Å². The molecule has 3 rings (SSSR count). The predicted octanol–water partition coefficient (Wildman–Crippen LogP) is 4.02. The molecule has 1 aliphatic heterocycles. The molecule has 0 aliphatic carbocycles. The molecular weight excluding hydrogens is 292 g/mol. The van der Waals surface area contributed by atoms with Crippen LogP contribution in [0.2, 0.25) is 0 Å². The van der Waals surface area contributed by atoms with Gasteiger partial charge in [-0.1, -0.05) is 18.6 Å². The summed E-state index contributed by atoms with van der Waals surface area (Å²) in [5, 5.41) is 4.72. The quantitative estimate of drug-likeness (QED) is 0.847. The predicted molar refractivity (Wildman–Crippen MR) is 87.2 cm³/mol. The number of rotatable bonds is 5. The van der Waals surface area contributed by atoms with Gasteiger partial charge in [-0.15, -0.1) is 12.4 Å². The second-order valence-electron chi connectivity index (χ2n) is 5.12. The molecular formula is C15H21ClN2OS. The van der Waals surface area contributed by atoms with E-state index in [9.17, 15) is 0 Å². The fourth-order valence-electron chi connectivity index (χ4n) is 2.64. The lowest BCUT2D eigenvalue weighted by Crippen LogP contribution is -2.34. The van der Waals surface area contributed by atoms with Crippen molar-refractivity contribution in [3.8, 4) is 5.88 Å². The van der Waals surface area contributed by atoms with Gasteiger partial charge in [0, 0.05) is 6.04 Å². The van der Waals surface area contributed by atoms with E-state index in [-0.39, 0.29) is 12.4 Å². The Kier molecular flexibility index (Phi) is 6.07. The number of nitrogens with one attached hydrogen (secondary N) is 1. The Morgan fingerprint density at radius 2 is 2.20 bits per heavy atom. The minimum absolute atomic E-state index is 0. The zero-order chi connectivity index (χ0) is 12.9. The summed E-state index contributed by atoms with van der Waals surface area (Å²) in [6.45, 7) is 1.95. The Labute approximate surface area is 130 Å². The van der Waals surface area contributed by atoms with E-state index in [2.05, 4.69) is 21.8 Å². The van der Waals surface area contributed by atoms with Gasteiger partial charge in [-0.05, 0) is 55.9 Å². The van der Waals surface area contributed by atoms with E-state index in [1.807, 2.05) is 12.1 Å². The smallest absolute Gasteiger partial charge is 0.233 e. The molecule has 1 aromatic carbocycles. The van der Waals surface area contributed by atoms with Crippen LogP contribution in [0.25, 0.3) is 10.1 Å². The van der Waals surface area contributed by atoms with Crippen molar-refractivity contribution in [3.63, 3.8) is 0 Å². The number of fused-ring (bicyclic) bond motifs is 1. The van der Waals surface area contributed by atoms with Gasteiger partial charge in [-0.3, -0.25) is 0 Å². The molecule has 0 amide bonds. The fraction of sp³-hybridized carbons (Fsp3) is 0.533. The molecule has 1 saturated heterocycles. The van der Waals surface area contributed by atoms with E-state index < -0.39 is 0 Å². The lowest BCUT2D eigenvalue weighted by atomic mass is 10.0. The molecule has 1 N–H and O–H groups in total. The van der Waals surface area contributed by atoms with Gasteiger partial charge < -0.3 is 10.1 Å². The fourth-order valence-corrected chi connectivity index (χ4v) is 3.36. The normalized spacial score (nSPS) is 18.7. The summed E-state index contributed by atoms with van der Waals surface area (Å²) in [4.78, 5) is 0.